The zero-order valence-corrected chi connectivity index (χ0v) is 19.2. The van der Waals surface area contributed by atoms with Crippen molar-refractivity contribution >= 4 is 0 Å². The monoisotopic (exact) mass is 407 g/mol. The highest BCUT2D eigenvalue weighted by atomic mass is 16.5. The molecule has 164 valence electrons. The van der Waals surface area contributed by atoms with Crippen LogP contribution in [0, 0.1) is 11.8 Å². The molecule has 0 N–H and O–H groups in total. The first-order valence-corrected chi connectivity index (χ1v) is 12.5. The molecule has 0 saturated heterocycles. The summed E-state index contributed by atoms with van der Waals surface area (Å²) in [6.45, 7) is 5.33. The number of benzene rings is 1. The van der Waals surface area contributed by atoms with Crippen LogP contribution in [0.4, 0.5) is 0 Å². The van der Waals surface area contributed by atoms with E-state index in [-0.39, 0.29) is 0 Å². The predicted molar refractivity (Wildman–Crippen MR) is 128 cm³/mol. The molecule has 1 aromatic carbocycles. The first-order valence-electron chi connectivity index (χ1n) is 12.5. The van der Waals surface area contributed by atoms with Gasteiger partial charge in [-0.2, -0.15) is 0 Å². The van der Waals surface area contributed by atoms with E-state index in [0.29, 0.717) is 0 Å². The maximum atomic E-state index is 5.81. The van der Waals surface area contributed by atoms with Crippen molar-refractivity contribution in [1.29, 1.82) is 0 Å². The normalized spacial score (nSPS) is 19.0. The molecule has 1 aliphatic rings. The van der Waals surface area contributed by atoms with E-state index in [1.54, 1.807) is 0 Å². The molecule has 0 aliphatic heterocycles. The molecular weight excluding hydrogens is 366 g/mol. The molecule has 2 heteroatoms. The van der Waals surface area contributed by atoms with E-state index in [4.69, 9.17) is 9.72 Å². The maximum Gasteiger partial charge on any atom is 0.119 e. The minimum absolute atomic E-state index is 0.806. The van der Waals surface area contributed by atoms with Gasteiger partial charge in [-0.25, -0.2) is 0 Å². The highest BCUT2D eigenvalue weighted by molar-refractivity contribution is 5.60. The van der Waals surface area contributed by atoms with Gasteiger partial charge in [-0.05, 0) is 67.0 Å². The second-order valence-electron chi connectivity index (χ2n) is 9.20. The van der Waals surface area contributed by atoms with Gasteiger partial charge < -0.3 is 4.74 Å². The van der Waals surface area contributed by atoms with E-state index < -0.39 is 0 Å². The highest BCUT2D eigenvalue weighted by Crippen LogP contribution is 2.34. The Balaban J connectivity index is 1.41. The van der Waals surface area contributed by atoms with Crippen LogP contribution in [0.15, 0.2) is 42.6 Å². The van der Waals surface area contributed by atoms with Crippen molar-refractivity contribution in [3.63, 3.8) is 0 Å². The van der Waals surface area contributed by atoms with Gasteiger partial charge in [-0.15, -0.1) is 0 Å². The average Bonchev–Trinajstić information content (AvgIpc) is 2.81. The molecule has 0 atom stereocenters. The Kier molecular flexibility index (Phi) is 9.73. The summed E-state index contributed by atoms with van der Waals surface area (Å²) in [5.41, 5.74) is 3.59. The van der Waals surface area contributed by atoms with Crippen molar-refractivity contribution in [1.82, 2.24) is 4.98 Å². The lowest BCUT2D eigenvalue weighted by molar-refractivity contribution is 0.250. The Morgan fingerprint density at radius 3 is 2.13 bits per heavy atom. The lowest BCUT2D eigenvalue weighted by Gasteiger charge is -2.28. The van der Waals surface area contributed by atoms with Crippen LogP contribution in [0.25, 0.3) is 11.3 Å². The van der Waals surface area contributed by atoms with Crippen molar-refractivity contribution in [2.45, 2.75) is 90.9 Å². The number of aryl methyl sites for hydroxylation is 1. The van der Waals surface area contributed by atoms with E-state index >= 15 is 0 Å². The summed E-state index contributed by atoms with van der Waals surface area (Å²) in [5, 5.41) is 0. The minimum Gasteiger partial charge on any atom is -0.494 e. The van der Waals surface area contributed by atoms with Crippen LogP contribution in [-0.4, -0.2) is 11.6 Å². The largest absolute Gasteiger partial charge is 0.494 e. The Labute approximate surface area is 184 Å². The van der Waals surface area contributed by atoms with Gasteiger partial charge in [-0.3, -0.25) is 4.98 Å². The molecule has 1 saturated carbocycles. The summed E-state index contributed by atoms with van der Waals surface area (Å²) in [6, 6.07) is 12.8. The summed E-state index contributed by atoms with van der Waals surface area (Å²) in [4.78, 5) is 4.73. The van der Waals surface area contributed by atoms with Gasteiger partial charge in [0.05, 0.1) is 12.3 Å². The molecular formula is C28H41NO. The maximum absolute atomic E-state index is 5.81. The Bertz CT molecular complexity index is 698. The SMILES string of the molecule is CCCCCOc1ccc(-c2ccc(CC[C@H]3CC[C@H](CCCC)CC3)cn2)cc1. The van der Waals surface area contributed by atoms with E-state index in [9.17, 15) is 0 Å². The van der Waals surface area contributed by atoms with Crippen LogP contribution in [0.2, 0.25) is 0 Å². The number of rotatable bonds is 12. The second kappa shape index (κ2) is 12.8. The number of ether oxygens (including phenoxy) is 1. The summed E-state index contributed by atoms with van der Waals surface area (Å²) in [7, 11) is 0. The molecule has 2 aromatic rings. The van der Waals surface area contributed by atoms with Crippen LogP contribution in [0.3, 0.4) is 0 Å². The Morgan fingerprint density at radius 1 is 0.800 bits per heavy atom. The molecule has 0 bridgehead atoms. The highest BCUT2D eigenvalue weighted by Gasteiger charge is 2.20. The molecule has 1 fully saturated rings. The number of unbranched alkanes of at least 4 members (excludes halogenated alkanes) is 3. The second-order valence-corrected chi connectivity index (χ2v) is 9.20. The van der Waals surface area contributed by atoms with Gasteiger partial charge in [0, 0.05) is 11.8 Å². The molecule has 1 heterocycles. The minimum atomic E-state index is 0.806. The Morgan fingerprint density at radius 2 is 1.50 bits per heavy atom. The molecule has 1 aliphatic carbocycles. The smallest absolute Gasteiger partial charge is 0.119 e. The first-order chi connectivity index (χ1) is 14.8. The Hall–Kier alpha value is -1.83. The molecule has 0 unspecified atom stereocenters. The molecule has 1 aromatic heterocycles. The lowest BCUT2D eigenvalue weighted by Crippen LogP contribution is -2.15. The van der Waals surface area contributed by atoms with Crippen molar-refractivity contribution < 1.29 is 4.74 Å². The summed E-state index contributed by atoms with van der Waals surface area (Å²) >= 11 is 0. The van der Waals surface area contributed by atoms with Crippen LogP contribution < -0.4 is 4.74 Å². The number of aromatic nitrogens is 1. The van der Waals surface area contributed by atoms with Crippen molar-refractivity contribution in [2.24, 2.45) is 11.8 Å². The van der Waals surface area contributed by atoms with Crippen LogP contribution in [0.1, 0.15) is 90.0 Å². The topological polar surface area (TPSA) is 22.1 Å². The van der Waals surface area contributed by atoms with Crippen LogP contribution in [0.5, 0.6) is 5.75 Å². The molecule has 3 rings (SSSR count). The molecule has 0 radical (unpaired) electrons. The van der Waals surface area contributed by atoms with Gasteiger partial charge in [-0.1, -0.05) is 77.7 Å². The fourth-order valence-electron chi connectivity index (χ4n) is 4.68. The fraction of sp³-hybridized carbons (Fsp3) is 0.607. The molecule has 0 spiro atoms. The average molecular weight is 408 g/mol. The molecule has 30 heavy (non-hydrogen) atoms. The number of nitrogens with zero attached hydrogens (tertiary/aromatic N) is 1. The third-order valence-electron chi connectivity index (χ3n) is 6.76. The van der Waals surface area contributed by atoms with Gasteiger partial charge in [0.25, 0.3) is 0 Å². The standard InChI is InChI=1S/C28H41NO/c1-3-5-7-21-30-27-18-16-26(17-19-27)28-20-15-25(22-29-28)14-13-24-11-9-23(10-12-24)8-6-4-2/h15-20,22-24H,3-14,21H2,1-2H3/t23-,24-. The van der Waals surface area contributed by atoms with Gasteiger partial charge >= 0.3 is 0 Å². The van der Waals surface area contributed by atoms with Gasteiger partial charge in [0.1, 0.15) is 5.75 Å². The summed E-state index contributed by atoms with van der Waals surface area (Å²) in [5.74, 6) is 2.89. The fourth-order valence-corrected chi connectivity index (χ4v) is 4.68. The van der Waals surface area contributed by atoms with Crippen LogP contribution >= 0.6 is 0 Å². The lowest BCUT2D eigenvalue weighted by atomic mass is 9.78. The zero-order valence-electron chi connectivity index (χ0n) is 19.2. The van der Waals surface area contributed by atoms with Crippen molar-refractivity contribution in [2.75, 3.05) is 6.61 Å². The van der Waals surface area contributed by atoms with Crippen LogP contribution in [-0.2, 0) is 6.42 Å². The van der Waals surface area contributed by atoms with E-state index in [2.05, 4.69) is 56.4 Å². The summed E-state index contributed by atoms with van der Waals surface area (Å²) in [6.07, 6.45) is 18.2. The van der Waals surface area contributed by atoms with Crippen molar-refractivity contribution in [3.8, 4) is 17.0 Å². The van der Waals surface area contributed by atoms with Crippen molar-refractivity contribution in [3.05, 3.63) is 48.2 Å². The quantitative estimate of drug-likeness (QED) is 0.330. The summed E-state index contributed by atoms with van der Waals surface area (Å²) < 4.78 is 5.81. The third-order valence-corrected chi connectivity index (χ3v) is 6.76. The third kappa shape index (κ3) is 7.45. The first kappa shape index (κ1) is 22.8. The van der Waals surface area contributed by atoms with Gasteiger partial charge in [0.15, 0.2) is 0 Å². The van der Waals surface area contributed by atoms with E-state index in [0.717, 1.165) is 41.9 Å². The number of hydrogen-bond acceptors (Lipinski definition) is 2. The predicted octanol–water partition coefficient (Wildman–Crippen LogP) is 8.25. The zero-order chi connectivity index (χ0) is 21.0. The molecule has 2 nitrogen and oxygen atoms in total. The number of pyridine rings is 1. The number of hydrogen-bond donors (Lipinski definition) is 0. The van der Waals surface area contributed by atoms with E-state index in [1.807, 2.05) is 0 Å². The molecule has 0 amide bonds. The van der Waals surface area contributed by atoms with Gasteiger partial charge in [0.2, 0.25) is 0 Å². The van der Waals surface area contributed by atoms with E-state index in [1.165, 1.54) is 76.2 Å².